The normalized spacial score (nSPS) is 20.5. The third kappa shape index (κ3) is 5.67. The fourth-order valence-corrected chi connectivity index (χ4v) is 9.24. The molecule has 35 heavy (non-hydrogen) atoms. The molecular weight excluding hydrogens is 460 g/mol. The summed E-state index contributed by atoms with van der Waals surface area (Å²) in [4.78, 5) is 0. The van der Waals surface area contributed by atoms with Crippen LogP contribution < -0.4 is 0 Å². The maximum atomic E-state index is 7.29. The lowest BCUT2D eigenvalue weighted by molar-refractivity contribution is 0.213. The molecule has 190 valence electrons. The molecule has 0 heterocycles. The van der Waals surface area contributed by atoms with Gasteiger partial charge in [0.25, 0.3) is 0 Å². The van der Waals surface area contributed by atoms with Gasteiger partial charge in [-0.3, -0.25) is 0 Å². The Kier molecular flexibility index (Phi) is 7.04. The predicted molar refractivity (Wildman–Crippen MR) is 159 cm³/mol. The van der Waals surface area contributed by atoms with E-state index in [0.29, 0.717) is 11.0 Å². The molecule has 0 spiro atoms. The predicted octanol–water partition coefficient (Wildman–Crippen LogP) is 10.8. The Morgan fingerprint density at radius 3 is 1.97 bits per heavy atom. The first kappa shape index (κ1) is 26.7. The summed E-state index contributed by atoms with van der Waals surface area (Å²) in [5.41, 5.74) is 11.1. The minimum absolute atomic E-state index is 0.109. The molecule has 2 aromatic carbocycles. The summed E-state index contributed by atoms with van der Waals surface area (Å²) in [6.45, 7) is 21.2. The Balaban J connectivity index is 1.87. The maximum absolute atomic E-state index is 7.29. The third-order valence-corrected chi connectivity index (χ3v) is 11.2. The number of rotatable bonds is 4. The lowest BCUT2D eigenvalue weighted by atomic mass is 9.71. The van der Waals surface area contributed by atoms with Crippen LogP contribution in [0.3, 0.4) is 0 Å². The Bertz CT molecular complexity index is 1080. The van der Waals surface area contributed by atoms with Gasteiger partial charge in [-0.05, 0) is 68.9 Å². The van der Waals surface area contributed by atoms with E-state index in [4.69, 9.17) is 11.1 Å². The van der Waals surface area contributed by atoms with E-state index in [1.165, 1.54) is 71.9 Å². The van der Waals surface area contributed by atoms with E-state index in [9.17, 15) is 0 Å². The van der Waals surface area contributed by atoms with Crippen LogP contribution in [-0.2, 0) is 10.8 Å². The van der Waals surface area contributed by atoms with Crippen LogP contribution in [0.25, 0.3) is 17.2 Å². The van der Waals surface area contributed by atoms with Gasteiger partial charge in [0.05, 0.1) is 0 Å². The van der Waals surface area contributed by atoms with Gasteiger partial charge in [-0.1, -0.05) is 129 Å². The molecule has 1 saturated carbocycles. The first-order valence-corrected chi connectivity index (χ1v) is 17.9. The first-order chi connectivity index (χ1) is 16.1. The summed E-state index contributed by atoms with van der Waals surface area (Å²) in [5, 5.41) is 0. The van der Waals surface area contributed by atoms with Crippen LogP contribution >= 0.6 is 11.1 Å². The molecule has 0 amide bonds. The molecule has 2 heteroatoms. The van der Waals surface area contributed by atoms with Crippen molar-refractivity contribution in [1.29, 1.82) is 0 Å². The fraction of sp³-hybridized carbons (Fsp3) is 0.576. The zero-order chi connectivity index (χ0) is 25.8. The van der Waals surface area contributed by atoms with E-state index < -0.39 is 7.38 Å². The van der Waals surface area contributed by atoms with Crippen molar-refractivity contribution in [2.24, 2.45) is 5.41 Å². The molecule has 0 saturated heterocycles. The zero-order valence-corrected chi connectivity index (χ0v) is 25.5. The number of hydrogen-bond donors (Lipinski definition) is 0. The van der Waals surface area contributed by atoms with Crippen molar-refractivity contribution >= 4 is 24.5 Å². The van der Waals surface area contributed by atoms with Crippen LogP contribution in [0.15, 0.2) is 42.0 Å². The fourth-order valence-electron chi connectivity index (χ4n) is 6.40. The molecule has 2 aliphatic rings. The number of hydrogen-bond acceptors (Lipinski definition) is 0. The van der Waals surface area contributed by atoms with Crippen molar-refractivity contribution in [3.05, 3.63) is 64.2 Å². The second kappa shape index (κ2) is 9.21. The van der Waals surface area contributed by atoms with Gasteiger partial charge in [-0.2, -0.15) is 11.1 Å². The Labute approximate surface area is 221 Å². The summed E-state index contributed by atoms with van der Waals surface area (Å²) >= 11 is 7.29. The van der Waals surface area contributed by atoms with Gasteiger partial charge in [-0.15, -0.1) is 0 Å². The number of benzene rings is 2. The molecule has 1 fully saturated rings. The van der Waals surface area contributed by atoms with Gasteiger partial charge in [-0.25, -0.2) is 0 Å². The van der Waals surface area contributed by atoms with E-state index in [-0.39, 0.29) is 10.8 Å². The van der Waals surface area contributed by atoms with Crippen molar-refractivity contribution in [1.82, 2.24) is 0 Å². The zero-order valence-electron chi connectivity index (χ0n) is 23.7. The maximum Gasteiger partial charge on any atom is 0.161 e. The van der Waals surface area contributed by atoms with Gasteiger partial charge in [0.15, 0.2) is 7.38 Å². The Morgan fingerprint density at radius 1 is 0.886 bits per heavy atom. The van der Waals surface area contributed by atoms with Crippen molar-refractivity contribution in [3.63, 3.8) is 0 Å². The first-order valence-electron chi connectivity index (χ1n) is 13.8. The lowest BCUT2D eigenvalue weighted by Gasteiger charge is -2.37. The summed E-state index contributed by atoms with van der Waals surface area (Å²) in [7, 11) is -1.96. The highest BCUT2D eigenvalue weighted by molar-refractivity contribution is 7.20. The summed E-state index contributed by atoms with van der Waals surface area (Å²) in [6.07, 6.45) is 10.6. The third-order valence-electron chi connectivity index (χ3n) is 8.51. The molecular formula is C33H47ClSi. The lowest BCUT2D eigenvalue weighted by Crippen LogP contribution is -2.31. The highest BCUT2D eigenvalue weighted by atomic mass is 35.6. The van der Waals surface area contributed by atoms with Crippen LogP contribution in [0.1, 0.15) is 115 Å². The second-order valence-electron chi connectivity index (χ2n) is 14.4. The highest BCUT2D eigenvalue weighted by Crippen LogP contribution is 2.52. The molecule has 0 aliphatic heterocycles. The van der Waals surface area contributed by atoms with E-state index in [0.717, 1.165) is 0 Å². The van der Waals surface area contributed by atoms with Crippen LogP contribution in [0.2, 0.25) is 13.1 Å². The molecule has 1 atom stereocenters. The molecule has 0 bridgehead atoms. The second-order valence-corrected chi connectivity index (χ2v) is 21.0. The average Bonchev–Trinajstić information content (AvgIpc) is 3.10. The van der Waals surface area contributed by atoms with Gasteiger partial charge < -0.3 is 0 Å². The molecule has 0 nitrogen and oxygen atoms in total. The molecule has 2 aromatic rings. The molecule has 0 aromatic heterocycles. The minimum atomic E-state index is -1.96. The SMILES string of the molecule is CC1(CC2=Cc3c(-c4cc(C(C)(C)C)cc(C(C)(C)C)c4)cccc3C2[Si](C)(C)Cl)CCCCC1. The van der Waals surface area contributed by atoms with Crippen LogP contribution in [0, 0.1) is 5.41 Å². The smallest absolute Gasteiger partial charge is 0.161 e. The Morgan fingerprint density at radius 2 is 1.46 bits per heavy atom. The van der Waals surface area contributed by atoms with Gasteiger partial charge in [0.1, 0.15) is 0 Å². The number of fused-ring (bicyclic) bond motifs is 1. The average molecular weight is 507 g/mol. The van der Waals surface area contributed by atoms with Gasteiger partial charge in [0.2, 0.25) is 0 Å². The van der Waals surface area contributed by atoms with Crippen molar-refractivity contribution in [3.8, 4) is 11.1 Å². The topological polar surface area (TPSA) is 0 Å². The number of allylic oxidation sites excluding steroid dienone is 1. The quantitative estimate of drug-likeness (QED) is 0.285. The largest absolute Gasteiger partial charge is 0.167 e. The standard InChI is InChI=1S/C33H47ClSi/c1-31(2,3)25-18-23(19-26(21-25)32(4,5)6)27-14-13-15-28-29(27)20-24(30(28)35(8,9)34)22-33(7)16-11-10-12-17-33/h13-15,18-21,30H,10-12,16-17,22H2,1-9H3. The minimum Gasteiger partial charge on any atom is -0.167 e. The monoisotopic (exact) mass is 506 g/mol. The van der Waals surface area contributed by atoms with E-state index in [1.54, 1.807) is 5.57 Å². The van der Waals surface area contributed by atoms with Crippen molar-refractivity contribution < 1.29 is 0 Å². The summed E-state index contributed by atoms with van der Waals surface area (Å²) in [5.74, 6) is 0. The highest BCUT2D eigenvalue weighted by Gasteiger charge is 2.42. The Hall–Kier alpha value is -1.31. The van der Waals surface area contributed by atoms with Gasteiger partial charge in [0, 0.05) is 5.54 Å². The molecule has 2 aliphatic carbocycles. The molecule has 4 rings (SSSR count). The van der Waals surface area contributed by atoms with Crippen LogP contribution in [0.5, 0.6) is 0 Å². The van der Waals surface area contributed by atoms with E-state index >= 15 is 0 Å². The van der Waals surface area contributed by atoms with Crippen molar-refractivity contribution in [2.45, 2.75) is 116 Å². The number of halogens is 1. The van der Waals surface area contributed by atoms with Crippen LogP contribution in [0.4, 0.5) is 0 Å². The summed E-state index contributed by atoms with van der Waals surface area (Å²) < 4.78 is 0. The van der Waals surface area contributed by atoms with Crippen molar-refractivity contribution in [2.75, 3.05) is 0 Å². The summed E-state index contributed by atoms with van der Waals surface area (Å²) in [6, 6.07) is 14.3. The van der Waals surface area contributed by atoms with E-state index in [1.807, 2.05) is 0 Å². The molecule has 1 unspecified atom stereocenters. The van der Waals surface area contributed by atoms with E-state index in [2.05, 4.69) is 104 Å². The van der Waals surface area contributed by atoms with Crippen LogP contribution in [-0.4, -0.2) is 7.38 Å². The molecule has 0 N–H and O–H groups in total. The molecule has 0 radical (unpaired) electrons. The van der Waals surface area contributed by atoms with Gasteiger partial charge >= 0.3 is 0 Å².